The van der Waals surface area contributed by atoms with Crippen molar-refractivity contribution in [3.63, 3.8) is 0 Å². The van der Waals surface area contributed by atoms with Crippen LogP contribution in [0.25, 0.3) is 6.08 Å². The van der Waals surface area contributed by atoms with Crippen LogP contribution in [-0.2, 0) is 14.8 Å². The number of carbonyl (C=O) groups excluding carboxylic acids is 1. The van der Waals surface area contributed by atoms with E-state index in [0.29, 0.717) is 24.4 Å². The lowest BCUT2D eigenvalue weighted by Crippen LogP contribution is -2.30. The highest BCUT2D eigenvalue weighted by molar-refractivity contribution is 7.89. The van der Waals surface area contributed by atoms with Gasteiger partial charge in [-0.15, -0.1) is 0 Å². The van der Waals surface area contributed by atoms with Gasteiger partial charge in [-0.1, -0.05) is 44.2 Å². The predicted octanol–water partition coefficient (Wildman–Crippen LogP) is 3.76. The highest BCUT2D eigenvalue weighted by Crippen LogP contribution is 2.19. The Bertz CT molecular complexity index is 869. The predicted molar refractivity (Wildman–Crippen MR) is 105 cm³/mol. The molecule has 138 valence electrons. The second kappa shape index (κ2) is 8.78. The summed E-state index contributed by atoms with van der Waals surface area (Å²) >= 11 is 0. The van der Waals surface area contributed by atoms with Crippen molar-refractivity contribution in [1.82, 2.24) is 4.31 Å². The van der Waals surface area contributed by atoms with E-state index in [9.17, 15) is 13.2 Å². The van der Waals surface area contributed by atoms with Crippen molar-refractivity contribution in [2.45, 2.75) is 25.7 Å². The van der Waals surface area contributed by atoms with E-state index in [4.69, 9.17) is 0 Å². The molecular weight excluding hydrogens is 348 g/mol. The van der Waals surface area contributed by atoms with Crippen LogP contribution in [0.5, 0.6) is 0 Å². The van der Waals surface area contributed by atoms with Crippen molar-refractivity contribution in [2.75, 3.05) is 18.4 Å². The summed E-state index contributed by atoms with van der Waals surface area (Å²) in [5.74, 6) is -0.229. The minimum Gasteiger partial charge on any atom is -0.322 e. The van der Waals surface area contributed by atoms with E-state index >= 15 is 0 Å². The summed E-state index contributed by atoms with van der Waals surface area (Å²) in [7, 11) is -3.49. The summed E-state index contributed by atoms with van der Waals surface area (Å²) in [6.07, 6.45) is 1.80. The SMILES string of the molecule is CCN(CC)S(=O)(=O)c1ccc(NC(=O)C(C)=Cc2ccccc2)cc1. The van der Waals surface area contributed by atoms with Gasteiger partial charge in [0.1, 0.15) is 0 Å². The van der Waals surface area contributed by atoms with Crippen molar-refractivity contribution in [3.05, 3.63) is 65.7 Å². The molecular formula is C20H24N2O3S. The van der Waals surface area contributed by atoms with Crippen LogP contribution in [0.2, 0.25) is 0 Å². The van der Waals surface area contributed by atoms with Crippen LogP contribution in [0.15, 0.2) is 65.1 Å². The normalized spacial score (nSPS) is 12.2. The average Bonchev–Trinajstić information content (AvgIpc) is 2.63. The lowest BCUT2D eigenvalue weighted by molar-refractivity contribution is -0.112. The number of sulfonamides is 1. The largest absolute Gasteiger partial charge is 0.322 e. The summed E-state index contributed by atoms with van der Waals surface area (Å²) in [5.41, 5.74) is 2.06. The number of amides is 1. The van der Waals surface area contributed by atoms with Gasteiger partial charge in [-0.25, -0.2) is 8.42 Å². The zero-order valence-electron chi connectivity index (χ0n) is 15.3. The molecule has 26 heavy (non-hydrogen) atoms. The molecule has 2 aromatic carbocycles. The van der Waals surface area contributed by atoms with Crippen molar-refractivity contribution < 1.29 is 13.2 Å². The fraction of sp³-hybridized carbons (Fsp3) is 0.250. The van der Waals surface area contributed by atoms with Crippen LogP contribution in [0.1, 0.15) is 26.3 Å². The van der Waals surface area contributed by atoms with E-state index in [2.05, 4.69) is 5.32 Å². The second-order valence-electron chi connectivity index (χ2n) is 5.81. The zero-order chi connectivity index (χ0) is 19.2. The molecule has 1 amide bonds. The van der Waals surface area contributed by atoms with Crippen molar-refractivity contribution >= 4 is 27.7 Å². The van der Waals surface area contributed by atoms with Gasteiger partial charge in [0.15, 0.2) is 0 Å². The van der Waals surface area contributed by atoms with Gasteiger partial charge in [0.25, 0.3) is 5.91 Å². The molecule has 0 spiro atoms. The quantitative estimate of drug-likeness (QED) is 0.753. The number of anilines is 1. The first-order chi connectivity index (χ1) is 12.4. The highest BCUT2D eigenvalue weighted by Gasteiger charge is 2.21. The molecule has 0 heterocycles. The van der Waals surface area contributed by atoms with Crippen LogP contribution in [0.3, 0.4) is 0 Å². The maximum absolute atomic E-state index is 12.5. The number of hydrogen-bond donors (Lipinski definition) is 1. The minimum atomic E-state index is -3.49. The van der Waals surface area contributed by atoms with E-state index in [0.717, 1.165) is 5.56 Å². The van der Waals surface area contributed by atoms with Gasteiger partial charge >= 0.3 is 0 Å². The van der Waals surface area contributed by atoms with Gasteiger partial charge in [0, 0.05) is 24.4 Å². The molecule has 2 aromatic rings. The summed E-state index contributed by atoms with van der Waals surface area (Å²) in [6.45, 7) is 6.18. The first-order valence-electron chi connectivity index (χ1n) is 8.53. The van der Waals surface area contributed by atoms with Crippen LogP contribution in [0, 0.1) is 0 Å². The Balaban J connectivity index is 2.12. The molecule has 0 saturated heterocycles. The standard InChI is InChI=1S/C20H24N2O3S/c1-4-22(5-2)26(24,25)19-13-11-18(12-14-19)21-20(23)16(3)15-17-9-7-6-8-10-17/h6-15H,4-5H2,1-3H3,(H,21,23). The van der Waals surface area contributed by atoms with E-state index in [1.165, 1.54) is 16.4 Å². The summed E-state index contributed by atoms with van der Waals surface area (Å²) < 4.78 is 26.3. The molecule has 0 aliphatic carbocycles. The maximum atomic E-state index is 12.5. The molecule has 0 atom stereocenters. The minimum absolute atomic E-state index is 0.218. The number of carbonyl (C=O) groups is 1. The number of nitrogens with one attached hydrogen (secondary N) is 1. The maximum Gasteiger partial charge on any atom is 0.251 e. The van der Waals surface area contributed by atoms with Gasteiger partial charge < -0.3 is 5.32 Å². The average molecular weight is 372 g/mol. The monoisotopic (exact) mass is 372 g/mol. The third kappa shape index (κ3) is 4.80. The van der Waals surface area contributed by atoms with Crippen molar-refractivity contribution in [1.29, 1.82) is 0 Å². The lowest BCUT2D eigenvalue weighted by atomic mass is 10.1. The van der Waals surface area contributed by atoms with E-state index in [-0.39, 0.29) is 10.8 Å². The van der Waals surface area contributed by atoms with Gasteiger partial charge in [-0.2, -0.15) is 4.31 Å². The molecule has 0 aliphatic heterocycles. The highest BCUT2D eigenvalue weighted by atomic mass is 32.2. The van der Waals surface area contributed by atoms with E-state index in [1.54, 1.807) is 39.0 Å². The van der Waals surface area contributed by atoms with Gasteiger partial charge in [0.2, 0.25) is 10.0 Å². The van der Waals surface area contributed by atoms with Gasteiger partial charge in [0.05, 0.1) is 4.90 Å². The third-order valence-electron chi connectivity index (χ3n) is 4.00. The number of rotatable bonds is 7. The second-order valence-corrected chi connectivity index (χ2v) is 7.74. The first kappa shape index (κ1) is 19.9. The van der Waals surface area contributed by atoms with Gasteiger partial charge in [-0.3, -0.25) is 4.79 Å². The van der Waals surface area contributed by atoms with E-state index in [1.807, 2.05) is 30.3 Å². The number of benzene rings is 2. The smallest absolute Gasteiger partial charge is 0.251 e. The number of nitrogens with zero attached hydrogens (tertiary/aromatic N) is 1. The molecule has 0 radical (unpaired) electrons. The molecule has 0 saturated carbocycles. The molecule has 6 heteroatoms. The fourth-order valence-corrected chi connectivity index (χ4v) is 3.98. The molecule has 2 rings (SSSR count). The summed E-state index contributed by atoms with van der Waals surface area (Å²) in [4.78, 5) is 12.5. The Morgan fingerprint density at radius 2 is 1.58 bits per heavy atom. The van der Waals surface area contributed by atoms with Crippen molar-refractivity contribution in [2.24, 2.45) is 0 Å². The number of hydrogen-bond acceptors (Lipinski definition) is 3. The fourth-order valence-electron chi connectivity index (χ4n) is 2.52. The Hall–Kier alpha value is -2.44. The first-order valence-corrected chi connectivity index (χ1v) is 9.97. The molecule has 0 aromatic heterocycles. The van der Waals surface area contributed by atoms with Crippen molar-refractivity contribution in [3.8, 4) is 0 Å². The molecule has 0 bridgehead atoms. The van der Waals surface area contributed by atoms with Crippen LogP contribution < -0.4 is 5.32 Å². The van der Waals surface area contributed by atoms with Crippen LogP contribution >= 0.6 is 0 Å². The van der Waals surface area contributed by atoms with Gasteiger partial charge in [-0.05, 0) is 42.8 Å². The molecule has 0 aliphatic rings. The molecule has 1 N–H and O–H groups in total. The summed E-state index contributed by atoms with van der Waals surface area (Å²) in [5, 5.41) is 2.78. The van der Waals surface area contributed by atoms with Crippen LogP contribution in [0.4, 0.5) is 5.69 Å². The topological polar surface area (TPSA) is 66.5 Å². The lowest BCUT2D eigenvalue weighted by Gasteiger charge is -2.18. The third-order valence-corrected chi connectivity index (χ3v) is 6.06. The Morgan fingerprint density at radius 3 is 2.12 bits per heavy atom. The Kier molecular flexibility index (Phi) is 6.71. The van der Waals surface area contributed by atoms with Crippen LogP contribution in [-0.4, -0.2) is 31.7 Å². The Morgan fingerprint density at radius 1 is 1.00 bits per heavy atom. The molecule has 5 nitrogen and oxygen atoms in total. The molecule has 0 unspecified atom stereocenters. The zero-order valence-corrected chi connectivity index (χ0v) is 16.1. The Labute approximate surface area is 155 Å². The van der Waals surface area contributed by atoms with E-state index < -0.39 is 10.0 Å². The molecule has 0 fully saturated rings. The summed E-state index contributed by atoms with van der Waals surface area (Å²) in [6, 6.07) is 15.8.